The first-order valence-electron chi connectivity index (χ1n) is 10.1. The predicted molar refractivity (Wildman–Crippen MR) is 106 cm³/mol. The number of rotatable bonds is 0. The molecule has 0 unspecified atom stereocenters. The van der Waals surface area contributed by atoms with Gasteiger partial charge >= 0.3 is 0 Å². The standard InChI is InChI=1S/C21H23FN6O/c1-12-5-7-27-18-6-8-28-20(26-18)16(11-24-28)21(29)25-13(2)3-4-17-15(19(12)27)9-14(22)10-23-17/h6,8-13,19H,3-5,7H2,1-2H3,(H,25,29)/t12-,13+,19-/m0/s1. The summed E-state index contributed by atoms with van der Waals surface area (Å²) in [6.07, 6.45) is 7.03. The van der Waals surface area contributed by atoms with Crippen LogP contribution in [0, 0.1) is 11.7 Å². The summed E-state index contributed by atoms with van der Waals surface area (Å²) in [5.41, 5.74) is 2.80. The molecule has 2 bridgehead atoms. The van der Waals surface area contributed by atoms with E-state index < -0.39 is 0 Å². The molecule has 0 aromatic carbocycles. The highest BCUT2D eigenvalue weighted by atomic mass is 19.1. The molecular weight excluding hydrogens is 371 g/mol. The Balaban J connectivity index is 1.71. The Labute approximate surface area is 168 Å². The van der Waals surface area contributed by atoms with Gasteiger partial charge in [0.2, 0.25) is 0 Å². The summed E-state index contributed by atoms with van der Waals surface area (Å²) in [5, 5.41) is 7.30. The molecule has 1 fully saturated rings. The third kappa shape index (κ3) is 3.03. The molecule has 0 spiro atoms. The molecule has 0 aliphatic carbocycles. The average molecular weight is 394 g/mol. The Kier molecular flexibility index (Phi) is 4.22. The maximum absolute atomic E-state index is 14.2. The molecule has 150 valence electrons. The molecule has 2 aliphatic heterocycles. The van der Waals surface area contributed by atoms with Crippen LogP contribution in [0.4, 0.5) is 10.2 Å². The van der Waals surface area contributed by atoms with Gasteiger partial charge in [-0.05, 0) is 49.8 Å². The van der Waals surface area contributed by atoms with Gasteiger partial charge < -0.3 is 10.2 Å². The molecule has 29 heavy (non-hydrogen) atoms. The van der Waals surface area contributed by atoms with Crippen molar-refractivity contribution in [3.8, 4) is 0 Å². The highest BCUT2D eigenvalue weighted by molar-refractivity contribution is 5.99. The van der Waals surface area contributed by atoms with Crippen LogP contribution in [0.5, 0.6) is 0 Å². The molecule has 5 heterocycles. The second kappa shape index (κ2) is 6.79. The molecule has 3 aromatic heterocycles. The molecule has 1 saturated heterocycles. The number of hydrogen-bond acceptors (Lipinski definition) is 5. The lowest BCUT2D eigenvalue weighted by atomic mass is 9.92. The van der Waals surface area contributed by atoms with Crippen molar-refractivity contribution in [2.75, 3.05) is 11.4 Å². The van der Waals surface area contributed by atoms with Crippen molar-refractivity contribution >= 4 is 17.4 Å². The number of aryl methyl sites for hydroxylation is 1. The number of nitrogens with one attached hydrogen (secondary N) is 1. The molecule has 2 aliphatic rings. The van der Waals surface area contributed by atoms with E-state index in [4.69, 9.17) is 4.98 Å². The zero-order valence-corrected chi connectivity index (χ0v) is 16.5. The molecule has 3 atom stereocenters. The van der Waals surface area contributed by atoms with Crippen LogP contribution in [0.1, 0.15) is 54.3 Å². The smallest absolute Gasteiger partial charge is 0.256 e. The SMILES string of the molecule is C[C@@H]1CCc2ncc(F)cc2[C@@H]2[C@@H](C)CCN2c2ccn3ncc(c3n2)C(=O)N1. The zero-order chi connectivity index (χ0) is 20.1. The summed E-state index contributed by atoms with van der Waals surface area (Å²) in [6.45, 7) is 4.97. The maximum atomic E-state index is 14.2. The minimum Gasteiger partial charge on any atom is -0.349 e. The number of anilines is 1. The third-order valence-electron chi connectivity index (χ3n) is 6.07. The van der Waals surface area contributed by atoms with Gasteiger partial charge in [0.1, 0.15) is 17.2 Å². The van der Waals surface area contributed by atoms with Crippen molar-refractivity contribution in [1.29, 1.82) is 0 Å². The van der Waals surface area contributed by atoms with Gasteiger partial charge in [-0.1, -0.05) is 6.92 Å². The second-order valence-electron chi connectivity index (χ2n) is 8.12. The molecular formula is C21H23FN6O. The Morgan fingerprint density at radius 3 is 2.97 bits per heavy atom. The van der Waals surface area contributed by atoms with Crippen LogP contribution in [0.25, 0.3) is 5.65 Å². The number of fused-ring (bicyclic) bond motifs is 5. The van der Waals surface area contributed by atoms with E-state index in [2.05, 4.69) is 27.2 Å². The van der Waals surface area contributed by atoms with Gasteiger partial charge in [0.05, 0.1) is 18.4 Å². The molecule has 0 saturated carbocycles. The van der Waals surface area contributed by atoms with Crippen molar-refractivity contribution in [3.63, 3.8) is 0 Å². The van der Waals surface area contributed by atoms with E-state index in [1.54, 1.807) is 16.8 Å². The van der Waals surface area contributed by atoms with Gasteiger partial charge in [-0.2, -0.15) is 5.10 Å². The Hall–Kier alpha value is -3.03. The number of aromatic nitrogens is 4. The van der Waals surface area contributed by atoms with E-state index in [-0.39, 0.29) is 23.8 Å². The van der Waals surface area contributed by atoms with Crippen LogP contribution in [-0.4, -0.2) is 38.1 Å². The maximum Gasteiger partial charge on any atom is 0.256 e. The van der Waals surface area contributed by atoms with Crippen molar-refractivity contribution < 1.29 is 9.18 Å². The molecule has 1 amide bonds. The summed E-state index contributed by atoms with van der Waals surface area (Å²) >= 11 is 0. The Morgan fingerprint density at radius 1 is 1.24 bits per heavy atom. The lowest BCUT2D eigenvalue weighted by Crippen LogP contribution is -2.33. The monoisotopic (exact) mass is 394 g/mol. The minimum atomic E-state index is -0.324. The van der Waals surface area contributed by atoms with Gasteiger partial charge in [0.15, 0.2) is 5.65 Å². The van der Waals surface area contributed by atoms with E-state index in [1.807, 2.05) is 19.2 Å². The van der Waals surface area contributed by atoms with Gasteiger partial charge in [0.25, 0.3) is 5.91 Å². The second-order valence-corrected chi connectivity index (χ2v) is 8.12. The first-order valence-corrected chi connectivity index (χ1v) is 10.1. The van der Waals surface area contributed by atoms with Gasteiger partial charge in [-0.15, -0.1) is 0 Å². The van der Waals surface area contributed by atoms with Crippen LogP contribution in [-0.2, 0) is 6.42 Å². The summed E-state index contributed by atoms with van der Waals surface area (Å²) in [4.78, 5) is 24.2. The number of halogens is 1. The first kappa shape index (κ1) is 18.0. The van der Waals surface area contributed by atoms with Crippen LogP contribution in [0.15, 0.2) is 30.7 Å². The van der Waals surface area contributed by atoms with Gasteiger partial charge in [-0.25, -0.2) is 13.9 Å². The van der Waals surface area contributed by atoms with Gasteiger partial charge in [-0.3, -0.25) is 9.78 Å². The Bertz CT molecular complexity index is 1100. The molecule has 7 nitrogen and oxygen atoms in total. The topological polar surface area (TPSA) is 75.4 Å². The highest BCUT2D eigenvalue weighted by Crippen LogP contribution is 2.41. The van der Waals surface area contributed by atoms with E-state index >= 15 is 0 Å². The van der Waals surface area contributed by atoms with Crippen LogP contribution in [0.2, 0.25) is 0 Å². The largest absolute Gasteiger partial charge is 0.349 e. The quantitative estimate of drug-likeness (QED) is 0.635. The third-order valence-corrected chi connectivity index (χ3v) is 6.07. The first-order chi connectivity index (χ1) is 14.0. The number of hydrogen-bond donors (Lipinski definition) is 1. The van der Waals surface area contributed by atoms with Crippen LogP contribution in [0.3, 0.4) is 0 Å². The lowest BCUT2D eigenvalue weighted by Gasteiger charge is -2.30. The van der Waals surface area contributed by atoms with Crippen molar-refractivity contribution in [1.82, 2.24) is 24.9 Å². The Morgan fingerprint density at radius 2 is 2.10 bits per heavy atom. The summed E-state index contributed by atoms with van der Waals surface area (Å²) in [7, 11) is 0. The lowest BCUT2D eigenvalue weighted by molar-refractivity contribution is 0.0940. The number of pyridine rings is 1. The fraction of sp³-hybridized carbons (Fsp3) is 0.429. The van der Waals surface area contributed by atoms with Crippen molar-refractivity contribution in [2.45, 2.75) is 45.2 Å². The summed E-state index contributed by atoms with van der Waals surface area (Å²) < 4.78 is 15.8. The summed E-state index contributed by atoms with van der Waals surface area (Å²) in [5.74, 6) is 0.593. The van der Waals surface area contributed by atoms with E-state index in [0.717, 1.165) is 30.0 Å². The van der Waals surface area contributed by atoms with E-state index in [9.17, 15) is 9.18 Å². The number of nitrogens with zero attached hydrogens (tertiary/aromatic N) is 5. The van der Waals surface area contributed by atoms with E-state index in [1.165, 1.54) is 6.20 Å². The molecule has 8 heteroatoms. The number of carbonyl (C=O) groups is 1. The average Bonchev–Trinajstić information content (AvgIpc) is 3.29. The highest BCUT2D eigenvalue weighted by Gasteiger charge is 2.36. The molecule has 5 rings (SSSR count). The summed E-state index contributed by atoms with van der Waals surface area (Å²) in [6, 6.07) is 3.46. The zero-order valence-electron chi connectivity index (χ0n) is 16.5. The van der Waals surface area contributed by atoms with Crippen LogP contribution >= 0.6 is 0 Å². The molecule has 0 radical (unpaired) electrons. The normalized spacial score (nSPS) is 24.4. The number of carbonyl (C=O) groups excluding carboxylic acids is 1. The van der Waals surface area contributed by atoms with Crippen molar-refractivity contribution in [2.24, 2.45) is 5.92 Å². The fourth-order valence-electron chi connectivity index (χ4n) is 4.53. The van der Waals surface area contributed by atoms with Gasteiger partial charge in [0, 0.05) is 24.5 Å². The minimum absolute atomic E-state index is 0.00533. The predicted octanol–water partition coefficient (Wildman–Crippen LogP) is 2.92. The molecule has 3 aromatic rings. The number of amides is 1. The van der Waals surface area contributed by atoms with Crippen LogP contribution < -0.4 is 10.2 Å². The molecule has 1 N–H and O–H groups in total. The fourth-order valence-corrected chi connectivity index (χ4v) is 4.53. The van der Waals surface area contributed by atoms with E-state index in [0.29, 0.717) is 30.0 Å². The van der Waals surface area contributed by atoms with Crippen molar-refractivity contribution in [3.05, 3.63) is 53.4 Å².